The van der Waals surface area contributed by atoms with Gasteiger partial charge >= 0.3 is 0 Å². The van der Waals surface area contributed by atoms with Gasteiger partial charge in [-0.2, -0.15) is 0 Å². The summed E-state index contributed by atoms with van der Waals surface area (Å²) in [6.45, 7) is 4.15. The Kier molecular flexibility index (Phi) is 4.94. The lowest BCUT2D eigenvalue weighted by Gasteiger charge is -2.16. The number of benzene rings is 2. The van der Waals surface area contributed by atoms with Crippen LogP contribution in [0.5, 0.6) is 5.75 Å². The number of phenolic OH excluding ortho intramolecular Hbond substituents is 1. The number of carbonyl (C=O) groups excluding carboxylic acids is 2. The zero-order valence-electron chi connectivity index (χ0n) is 14.8. The highest BCUT2D eigenvalue weighted by Gasteiger charge is 2.31. The second kappa shape index (κ2) is 7.19. The van der Waals surface area contributed by atoms with Crippen molar-refractivity contribution < 1.29 is 23.5 Å². The van der Waals surface area contributed by atoms with Crippen LogP contribution in [0.15, 0.2) is 42.1 Å². The lowest BCUT2D eigenvalue weighted by Crippen LogP contribution is -2.34. The molecule has 2 amide bonds. The van der Waals surface area contributed by atoms with Gasteiger partial charge in [0.05, 0.1) is 0 Å². The van der Waals surface area contributed by atoms with E-state index in [0.29, 0.717) is 6.42 Å². The molecule has 0 aliphatic carbocycles. The normalized spacial score (nSPS) is 13.9. The van der Waals surface area contributed by atoms with Crippen molar-refractivity contribution in [1.82, 2.24) is 4.90 Å². The van der Waals surface area contributed by atoms with Gasteiger partial charge in [-0.3, -0.25) is 14.5 Å². The fraction of sp³-hybridized carbons (Fsp3) is 0.200. The SMILES string of the molecule is Cc1ccc(CCN2C(=O)C=C(Nc3cc(F)c(O)c(F)c3)C2=O)c(C)c1. The number of carbonyl (C=O) groups is 2. The molecule has 2 aromatic carbocycles. The predicted molar refractivity (Wildman–Crippen MR) is 96.1 cm³/mol. The third kappa shape index (κ3) is 3.81. The maximum atomic E-state index is 13.4. The average molecular weight is 372 g/mol. The van der Waals surface area contributed by atoms with Crippen LogP contribution in [-0.4, -0.2) is 28.4 Å². The molecular weight excluding hydrogens is 354 g/mol. The fourth-order valence-electron chi connectivity index (χ4n) is 2.96. The summed E-state index contributed by atoms with van der Waals surface area (Å²) < 4.78 is 26.9. The van der Waals surface area contributed by atoms with Gasteiger partial charge in [-0.25, -0.2) is 8.78 Å². The fourth-order valence-corrected chi connectivity index (χ4v) is 2.96. The minimum Gasteiger partial charge on any atom is -0.503 e. The summed E-state index contributed by atoms with van der Waals surface area (Å²) in [5, 5.41) is 11.7. The number of amides is 2. The number of anilines is 1. The van der Waals surface area contributed by atoms with Crippen molar-refractivity contribution in [2.45, 2.75) is 20.3 Å². The minimum atomic E-state index is -1.17. The van der Waals surface area contributed by atoms with E-state index < -0.39 is 29.2 Å². The Morgan fingerprint density at radius 3 is 2.37 bits per heavy atom. The summed E-state index contributed by atoms with van der Waals surface area (Å²) in [7, 11) is 0. The van der Waals surface area contributed by atoms with Crippen molar-refractivity contribution in [2.24, 2.45) is 0 Å². The van der Waals surface area contributed by atoms with Gasteiger partial charge in [0, 0.05) is 30.4 Å². The predicted octanol–water partition coefficient (Wildman–Crippen LogP) is 3.19. The van der Waals surface area contributed by atoms with Gasteiger partial charge in [0.2, 0.25) is 0 Å². The number of aromatic hydroxyl groups is 1. The first kappa shape index (κ1) is 18.6. The highest BCUT2D eigenvalue weighted by atomic mass is 19.1. The van der Waals surface area contributed by atoms with Crippen LogP contribution in [0.4, 0.5) is 14.5 Å². The molecule has 0 aromatic heterocycles. The maximum absolute atomic E-state index is 13.4. The Hall–Kier alpha value is -3.22. The third-order valence-electron chi connectivity index (χ3n) is 4.41. The van der Waals surface area contributed by atoms with Crippen molar-refractivity contribution in [1.29, 1.82) is 0 Å². The monoisotopic (exact) mass is 372 g/mol. The van der Waals surface area contributed by atoms with Crippen LogP contribution in [0.2, 0.25) is 0 Å². The molecule has 1 aliphatic rings. The van der Waals surface area contributed by atoms with Gasteiger partial charge in [-0.15, -0.1) is 0 Å². The number of hydrogen-bond acceptors (Lipinski definition) is 4. The molecule has 0 saturated carbocycles. The van der Waals surface area contributed by atoms with Gasteiger partial charge in [-0.1, -0.05) is 23.8 Å². The number of aryl methyl sites for hydroxylation is 2. The van der Waals surface area contributed by atoms with E-state index in [1.165, 1.54) is 0 Å². The molecule has 7 heteroatoms. The van der Waals surface area contributed by atoms with Crippen LogP contribution in [0.25, 0.3) is 0 Å². The Labute approximate surface area is 154 Å². The van der Waals surface area contributed by atoms with E-state index in [9.17, 15) is 18.4 Å². The number of rotatable bonds is 5. The molecule has 5 nitrogen and oxygen atoms in total. The second-order valence-corrected chi connectivity index (χ2v) is 6.45. The molecule has 1 heterocycles. The quantitative estimate of drug-likeness (QED) is 0.625. The van der Waals surface area contributed by atoms with Crippen LogP contribution in [0.3, 0.4) is 0 Å². The van der Waals surface area contributed by atoms with Gasteiger partial charge in [0.15, 0.2) is 17.4 Å². The molecule has 2 aromatic rings. The summed E-state index contributed by atoms with van der Waals surface area (Å²) in [6.07, 6.45) is 1.60. The van der Waals surface area contributed by atoms with Crippen LogP contribution in [0, 0.1) is 25.5 Å². The molecule has 27 heavy (non-hydrogen) atoms. The van der Waals surface area contributed by atoms with E-state index in [1.54, 1.807) is 0 Å². The number of phenols is 1. The van der Waals surface area contributed by atoms with E-state index >= 15 is 0 Å². The number of imide groups is 1. The highest BCUT2D eigenvalue weighted by molar-refractivity contribution is 6.17. The van der Waals surface area contributed by atoms with Gasteiger partial charge in [-0.05, 0) is 31.4 Å². The van der Waals surface area contributed by atoms with Gasteiger partial charge < -0.3 is 10.4 Å². The Bertz CT molecular complexity index is 947. The van der Waals surface area contributed by atoms with E-state index in [0.717, 1.165) is 39.8 Å². The summed E-state index contributed by atoms with van der Waals surface area (Å²) in [5.74, 6) is -4.49. The highest BCUT2D eigenvalue weighted by Crippen LogP contribution is 2.26. The smallest absolute Gasteiger partial charge is 0.277 e. The number of hydrogen-bond donors (Lipinski definition) is 2. The Morgan fingerprint density at radius 2 is 1.74 bits per heavy atom. The first-order valence-electron chi connectivity index (χ1n) is 8.35. The third-order valence-corrected chi connectivity index (χ3v) is 4.41. The van der Waals surface area contributed by atoms with Crippen molar-refractivity contribution in [3.8, 4) is 5.75 Å². The Balaban J connectivity index is 1.70. The van der Waals surface area contributed by atoms with E-state index in [1.807, 2.05) is 32.0 Å². The summed E-state index contributed by atoms with van der Waals surface area (Å²) in [5.41, 5.74) is 3.09. The van der Waals surface area contributed by atoms with Gasteiger partial charge in [0.1, 0.15) is 5.70 Å². The molecule has 0 unspecified atom stereocenters. The lowest BCUT2D eigenvalue weighted by atomic mass is 10.0. The molecule has 140 valence electrons. The maximum Gasteiger partial charge on any atom is 0.277 e. The van der Waals surface area contributed by atoms with Crippen molar-refractivity contribution >= 4 is 17.5 Å². The van der Waals surface area contributed by atoms with Gasteiger partial charge in [0.25, 0.3) is 11.8 Å². The molecule has 1 aliphatic heterocycles. The summed E-state index contributed by atoms with van der Waals surface area (Å²) in [4.78, 5) is 25.7. The molecule has 0 saturated heterocycles. The minimum absolute atomic E-state index is 0.0774. The topological polar surface area (TPSA) is 69.6 Å². The molecule has 0 bridgehead atoms. The van der Waals surface area contributed by atoms with Crippen LogP contribution in [-0.2, 0) is 16.0 Å². The number of nitrogens with one attached hydrogen (secondary N) is 1. The average Bonchev–Trinajstić information content (AvgIpc) is 2.85. The molecule has 2 N–H and O–H groups in total. The molecule has 0 fully saturated rings. The van der Waals surface area contributed by atoms with E-state index in [-0.39, 0.29) is 17.9 Å². The van der Waals surface area contributed by atoms with E-state index in [4.69, 9.17) is 5.11 Å². The summed E-state index contributed by atoms with van der Waals surface area (Å²) >= 11 is 0. The molecule has 3 rings (SSSR count). The molecule has 0 atom stereocenters. The molecule has 0 spiro atoms. The summed E-state index contributed by atoms with van der Waals surface area (Å²) in [6, 6.07) is 7.64. The standard InChI is InChI=1S/C20H18F2N2O3/c1-11-3-4-13(12(2)7-11)5-6-24-18(25)10-17(20(24)27)23-14-8-15(21)19(26)16(22)9-14/h3-4,7-10,23,26H,5-6H2,1-2H3. The van der Waals surface area contributed by atoms with Crippen molar-refractivity contribution in [3.05, 3.63) is 70.4 Å². The zero-order valence-corrected chi connectivity index (χ0v) is 14.8. The van der Waals surface area contributed by atoms with Crippen LogP contribution >= 0.6 is 0 Å². The Morgan fingerprint density at radius 1 is 1.07 bits per heavy atom. The first-order valence-corrected chi connectivity index (χ1v) is 8.35. The van der Waals surface area contributed by atoms with Crippen LogP contribution in [0.1, 0.15) is 16.7 Å². The zero-order chi connectivity index (χ0) is 19.7. The van der Waals surface area contributed by atoms with Crippen molar-refractivity contribution in [2.75, 3.05) is 11.9 Å². The van der Waals surface area contributed by atoms with E-state index in [2.05, 4.69) is 5.32 Å². The van der Waals surface area contributed by atoms with Crippen molar-refractivity contribution in [3.63, 3.8) is 0 Å². The molecular formula is C20H18F2N2O3. The number of nitrogens with zero attached hydrogens (tertiary/aromatic N) is 1. The largest absolute Gasteiger partial charge is 0.503 e. The molecule has 0 radical (unpaired) electrons. The number of halogens is 2. The second-order valence-electron chi connectivity index (χ2n) is 6.45. The first-order chi connectivity index (χ1) is 12.8. The van der Waals surface area contributed by atoms with Crippen LogP contribution < -0.4 is 5.32 Å². The lowest BCUT2D eigenvalue weighted by molar-refractivity contribution is -0.137.